The van der Waals surface area contributed by atoms with Crippen molar-refractivity contribution in [3.8, 4) is 5.75 Å². The van der Waals surface area contributed by atoms with Crippen molar-refractivity contribution in [2.24, 2.45) is 0 Å². The molecule has 1 fully saturated rings. The molecule has 0 radical (unpaired) electrons. The molecule has 3 rings (SSSR count). The number of likely N-dealkylation sites (tertiary alicyclic amines) is 1. The molecule has 1 aromatic carbocycles. The second-order valence-electron chi connectivity index (χ2n) is 6.69. The average Bonchev–Trinajstić information content (AvgIpc) is 3.13. The Labute approximate surface area is 150 Å². The van der Waals surface area contributed by atoms with Crippen molar-refractivity contribution < 1.29 is 17.9 Å². The molecule has 0 aliphatic carbocycles. The van der Waals surface area contributed by atoms with Crippen LogP contribution in [0, 0.1) is 0 Å². The van der Waals surface area contributed by atoms with Crippen LogP contribution in [0.2, 0.25) is 0 Å². The summed E-state index contributed by atoms with van der Waals surface area (Å²) >= 11 is 0. The lowest BCUT2D eigenvalue weighted by molar-refractivity contribution is -0.143. The van der Waals surface area contributed by atoms with E-state index in [4.69, 9.17) is 4.74 Å². The first-order chi connectivity index (χ1) is 12.4. The van der Waals surface area contributed by atoms with Gasteiger partial charge in [0.1, 0.15) is 18.1 Å². The summed E-state index contributed by atoms with van der Waals surface area (Å²) in [4.78, 5) is 6.61. The number of nitrogens with zero attached hydrogens (tertiary/aromatic N) is 4. The highest BCUT2D eigenvalue weighted by Crippen LogP contribution is 2.24. The number of aromatic nitrogens is 3. The maximum absolute atomic E-state index is 12.9. The minimum atomic E-state index is -4.33. The maximum Gasteiger partial charge on any atom is 0.408 e. The van der Waals surface area contributed by atoms with Gasteiger partial charge in [-0.3, -0.25) is 0 Å². The summed E-state index contributed by atoms with van der Waals surface area (Å²) in [7, 11) is 3.56. The Balaban J connectivity index is 1.85. The Morgan fingerprint density at radius 2 is 2.04 bits per heavy atom. The number of para-hydroxylation sites is 1. The molecule has 1 aromatic heterocycles. The summed E-state index contributed by atoms with van der Waals surface area (Å²) in [6, 6.07) is 7.60. The number of methoxy groups -OCH3 is 1. The number of benzene rings is 1. The van der Waals surface area contributed by atoms with Crippen LogP contribution in [0.1, 0.15) is 30.1 Å². The molecule has 142 valence electrons. The Bertz CT molecular complexity index is 744. The van der Waals surface area contributed by atoms with E-state index in [0.29, 0.717) is 30.2 Å². The van der Waals surface area contributed by atoms with Gasteiger partial charge >= 0.3 is 6.18 Å². The second kappa shape index (κ2) is 7.65. The molecule has 1 aliphatic rings. The van der Waals surface area contributed by atoms with Crippen molar-refractivity contribution in [2.45, 2.75) is 44.4 Å². The van der Waals surface area contributed by atoms with Gasteiger partial charge in [0.15, 0.2) is 5.82 Å². The number of rotatable bonds is 6. The summed E-state index contributed by atoms with van der Waals surface area (Å²) in [6.07, 6.45) is -1.49. The highest BCUT2D eigenvalue weighted by atomic mass is 19.4. The Hall–Kier alpha value is -2.09. The molecule has 0 unspecified atom stereocenters. The van der Waals surface area contributed by atoms with Gasteiger partial charge in [0.25, 0.3) is 0 Å². The number of hydrogen-bond donors (Lipinski definition) is 0. The quantitative estimate of drug-likeness (QED) is 0.786. The predicted octanol–water partition coefficient (Wildman–Crippen LogP) is 3.08. The molecule has 0 amide bonds. The monoisotopic (exact) mass is 368 g/mol. The van der Waals surface area contributed by atoms with Crippen LogP contribution in [0.25, 0.3) is 0 Å². The van der Waals surface area contributed by atoms with Crippen LogP contribution in [0.4, 0.5) is 13.2 Å². The molecule has 2 heterocycles. The van der Waals surface area contributed by atoms with Gasteiger partial charge < -0.3 is 9.64 Å². The smallest absolute Gasteiger partial charge is 0.408 e. The van der Waals surface area contributed by atoms with Gasteiger partial charge in [-0.15, -0.1) is 0 Å². The SMILES string of the molecule is COc1ccccc1Cc1nc(C[C@@H]2CCCN2C)n(CC(F)(F)F)n1. The van der Waals surface area contributed by atoms with Crippen LogP contribution in [0.3, 0.4) is 0 Å². The van der Waals surface area contributed by atoms with E-state index in [2.05, 4.69) is 15.0 Å². The zero-order valence-corrected chi connectivity index (χ0v) is 15.0. The molecular weight excluding hydrogens is 345 g/mol. The zero-order valence-electron chi connectivity index (χ0n) is 15.0. The van der Waals surface area contributed by atoms with E-state index < -0.39 is 12.7 Å². The molecule has 0 N–H and O–H groups in total. The molecule has 5 nitrogen and oxygen atoms in total. The fourth-order valence-corrected chi connectivity index (χ4v) is 3.42. The van der Waals surface area contributed by atoms with E-state index in [1.165, 1.54) is 0 Å². The lowest BCUT2D eigenvalue weighted by Crippen LogP contribution is -2.29. The Kier molecular flexibility index (Phi) is 5.50. The first-order valence-electron chi connectivity index (χ1n) is 8.67. The standard InChI is InChI=1S/C18H23F3N4O/c1-24-9-5-7-14(24)11-17-22-16(23-25(17)12-18(19,20)21)10-13-6-3-4-8-15(13)26-2/h3-4,6,8,14H,5,7,9-12H2,1-2H3/t14-/m0/s1. The van der Waals surface area contributed by atoms with E-state index in [0.717, 1.165) is 29.6 Å². The minimum Gasteiger partial charge on any atom is -0.496 e. The topological polar surface area (TPSA) is 43.2 Å². The molecule has 0 spiro atoms. The first kappa shape index (κ1) is 18.7. The summed E-state index contributed by atoms with van der Waals surface area (Å²) in [5.41, 5.74) is 0.851. The third kappa shape index (κ3) is 4.55. The second-order valence-corrected chi connectivity index (χ2v) is 6.69. The van der Waals surface area contributed by atoms with Gasteiger partial charge in [-0.2, -0.15) is 18.3 Å². The number of alkyl halides is 3. The zero-order chi connectivity index (χ0) is 18.7. The average molecular weight is 368 g/mol. The molecular formula is C18H23F3N4O. The van der Waals surface area contributed by atoms with Gasteiger partial charge in [0.2, 0.25) is 0 Å². The number of likely N-dealkylation sites (N-methyl/N-ethyl adjacent to an activating group) is 1. The Morgan fingerprint density at radius 3 is 2.69 bits per heavy atom. The van der Waals surface area contributed by atoms with E-state index in [1.54, 1.807) is 7.11 Å². The molecule has 0 bridgehead atoms. The summed E-state index contributed by atoms with van der Waals surface area (Å²) in [5.74, 6) is 1.46. The lowest BCUT2D eigenvalue weighted by atomic mass is 10.1. The van der Waals surface area contributed by atoms with Gasteiger partial charge in [0.05, 0.1) is 7.11 Å². The van der Waals surface area contributed by atoms with Crippen LogP contribution in [-0.2, 0) is 19.4 Å². The summed E-state index contributed by atoms with van der Waals surface area (Å²) in [6.45, 7) is -0.149. The van der Waals surface area contributed by atoms with Gasteiger partial charge in [0, 0.05) is 24.4 Å². The van der Waals surface area contributed by atoms with Gasteiger partial charge in [-0.25, -0.2) is 9.67 Å². The minimum absolute atomic E-state index is 0.213. The predicted molar refractivity (Wildman–Crippen MR) is 91.2 cm³/mol. The van der Waals surface area contributed by atoms with Gasteiger partial charge in [-0.1, -0.05) is 18.2 Å². The molecule has 0 saturated carbocycles. The van der Waals surface area contributed by atoms with Crippen LogP contribution in [0.15, 0.2) is 24.3 Å². The third-order valence-corrected chi connectivity index (χ3v) is 4.75. The van der Waals surface area contributed by atoms with Crippen LogP contribution < -0.4 is 4.74 Å². The van der Waals surface area contributed by atoms with Gasteiger partial charge in [-0.05, 0) is 32.5 Å². The van der Waals surface area contributed by atoms with Crippen molar-refractivity contribution in [1.29, 1.82) is 0 Å². The molecule has 26 heavy (non-hydrogen) atoms. The summed E-state index contributed by atoms with van der Waals surface area (Å²) < 4.78 is 45.2. The summed E-state index contributed by atoms with van der Waals surface area (Å²) in [5, 5.41) is 4.14. The van der Waals surface area contributed by atoms with Crippen molar-refractivity contribution in [2.75, 3.05) is 20.7 Å². The van der Waals surface area contributed by atoms with E-state index in [9.17, 15) is 13.2 Å². The number of hydrogen-bond acceptors (Lipinski definition) is 4. The lowest BCUT2D eigenvalue weighted by Gasteiger charge is -2.19. The van der Waals surface area contributed by atoms with Crippen molar-refractivity contribution in [3.63, 3.8) is 0 Å². The molecule has 1 aliphatic heterocycles. The molecule has 2 aromatic rings. The van der Waals surface area contributed by atoms with Crippen molar-refractivity contribution in [1.82, 2.24) is 19.7 Å². The normalized spacial score (nSPS) is 18.4. The fourth-order valence-electron chi connectivity index (χ4n) is 3.42. The number of ether oxygens (including phenoxy) is 1. The first-order valence-corrected chi connectivity index (χ1v) is 8.67. The maximum atomic E-state index is 12.9. The third-order valence-electron chi connectivity index (χ3n) is 4.75. The fraction of sp³-hybridized carbons (Fsp3) is 0.556. The molecule has 8 heteroatoms. The highest BCUT2D eigenvalue weighted by Gasteiger charge is 2.32. The van der Waals surface area contributed by atoms with Crippen molar-refractivity contribution in [3.05, 3.63) is 41.5 Å². The molecule has 1 atom stereocenters. The van der Waals surface area contributed by atoms with Crippen molar-refractivity contribution >= 4 is 0 Å². The number of halogens is 3. The molecule has 1 saturated heterocycles. The van der Waals surface area contributed by atoms with E-state index in [-0.39, 0.29) is 6.04 Å². The van der Waals surface area contributed by atoms with Crippen LogP contribution in [0.5, 0.6) is 5.75 Å². The largest absolute Gasteiger partial charge is 0.496 e. The van der Waals surface area contributed by atoms with Crippen LogP contribution >= 0.6 is 0 Å². The van der Waals surface area contributed by atoms with E-state index in [1.807, 2.05) is 31.3 Å². The van der Waals surface area contributed by atoms with Crippen LogP contribution in [-0.4, -0.2) is 52.6 Å². The van der Waals surface area contributed by atoms with E-state index >= 15 is 0 Å². The highest BCUT2D eigenvalue weighted by molar-refractivity contribution is 5.35. The Morgan fingerprint density at radius 1 is 1.27 bits per heavy atom.